The summed E-state index contributed by atoms with van der Waals surface area (Å²) >= 11 is 0. The van der Waals surface area contributed by atoms with Crippen molar-refractivity contribution in [1.29, 1.82) is 0 Å². The van der Waals surface area contributed by atoms with Gasteiger partial charge in [-0.15, -0.1) is 0 Å². The smallest absolute Gasteiger partial charge is 0.158 e. The van der Waals surface area contributed by atoms with Crippen molar-refractivity contribution in [2.75, 3.05) is 18.1 Å². The first-order valence-electron chi connectivity index (χ1n) is 10.2. The lowest BCUT2D eigenvalue weighted by molar-refractivity contribution is 0.0899. The van der Waals surface area contributed by atoms with E-state index in [1.165, 1.54) is 36.6 Å². The maximum absolute atomic E-state index is 5.96. The molecule has 5 nitrogen and oxygen atoms in total. The summed E-state index contributed by atoms with van der Waals surface area (Å²) in [5.74, 6) is 1.29. The molecule has 1 fully saturated rings. The van der Waals surface area contributed by atoms with Crippen molar-refractivity contribution in [1.82, 2.24) is 14.0 Å². The van der Waals surface area contributed by atoms with Crippen LogP contribution in [0.4, 0.5) is 5.82 Å². The van der Waals surface area contributed by atoms with Crippen molar-refractivity contribution in [2.45, 2.75) is 64.6 Å². The topological polar surface area (TPSA) is 34.7 Å². The molecule has 4 rings (SSSR count). The van der Waals surface area contributed by atoms with Crippen molar-refractivity contribution < 1.29 is 4.74 Å². The quantitative estimate of drug-likeness (QED) is 0.444. The van der Waals surface area contributed by atoms with Gasteiger partial charge in [0.25, 0.3) is 0 Å². The molecule has 0 aliphatic carbocycles. The number of hydrogen-bond acceptors (Lipinski definition) is 3. The summed E-state index contributed by atoms with van der Waals surface area (Å²) in [6, 6.07) is 8.39. The monoisotopic (exact) mass is 384 g/mol. The van der Waals surface area contributed by atoms with Crippen molar-refractivity contribution >= 4 is 30.6 Å². The fourth-order valence-electron chi connectivity index (χ4n) is 4.01. The van der Waals surface area contributed by atoms with Gasteiger partial charge in [-0.2, -0.15) is 0 Å². The Morgan fingerprint density at radius 1 is 1.19 bits per heavy atom. The zero-order valence-electron chi connectivity index (χ0n) is 17.1. The molecule has 0 saturated carbocycles. The minimum absolute atomic E-state index is 0.573. The Labute approximate surface area is 162 Å². The SMILES string of the molecule is CC1CCCCN1c1ccc2cnc3c(ccn3COCC[Si](C)(C)C)n12. The van der Waals surface area contributed by atoms with Gasteiger partial charge in [-0.1, -0.05) is 19.6 Å². The number of hydrogen-bond donors (Lipinski definition) is 0. The summed E-state index contributed by atoms with van der Waals surface area (Å²) in [6.45, 7) is 12.0. The average Bonchev–Trinajstić information content (AvgIpc) is 3.22. The lowest BCUT2D eigenvalue weighted by Gasteiger charge is -2.35. The second-order valence-corrected chi connectivity index (χ2v) is 14.7. The lowest BCUT2D eigenvalue weighted by Crippen LogP contribution is -2.38. The summed E-state index contributed by atoms with van der Waals surface area (Å²) in [5.41, 5.74) is 3.32. The van der Waals surface area contributed by atoms with Gasteiger partial charge in [0.15, 0.2) is 5.65 Å². The molecule has 0 spiro atoms. The van der Waals surface area contributed by atoms with Gasteiger partial charge >= 0.3 is 0 Å². The number of nitrogens with zero attached hydrogens (tertiary/aromatic N) is 4. The maximum atomic E-state index is 5.96. The van der Waals surface area contributed by atoms with E-state index in [2.05, 4.69) is 64.8 Å². The van der Waals surface area contributed by atoms with Gasteiger partial charge in [0.2, 0.25) is 0 Å². The largest absolute Gasteiger partial charge is 0.361 e. The molecule has 1 aliphatic rings. The van der Waals surface area contributed by atoms with Gasteiger partial charge in [-0.3, -0.25) is 4.40 Å². The molecule has 3 aromatic heterocycles. The standard InChI is InChI=1S/C21H32N4OSi/c1-17-7-5-6-11-24(17)20-9-8-18-15-22-21-19(25(18)20)10-12-23(21)16-26-13-14-27(2,3)4/h8-10,12,15,17H,5-7,11,13-14,16H2,1-4H3. The van der Waals surface area contributed by atoms with Crippen LogP contribution in [-0.4, -0.2) is 41.2 Å². The Balaban J connectivity index is 1.62. The van der Waals surface area contributed by atoms with Gasteiger partial charge in [-0.25, -0.2) is 4.98 Å². The van der Waals surface area contributed by atoms with Crippen molar-refractivity contribution in [3.05, 3.63) is 30.6 Å². The maximum Gasteiger partial charge on any atom is 0.158 e. The van der Waals surface area contributed by atoms with Crippen LogP contribution in [0.15, 0.2) is 30.6 Å². The molecule has 0 bridgehead atoms. The zero-order chi connectivity index (χ0) is 19.0. The molecule has 1 atom stereocenters. The van der Waals surface area contributed by atoms with Crippen molar-refractivity contribution in [3.8, 4) is 0 Å². The molecular weight excluding hydrogens is 352 g/mol. The van der Waals surface area contributed by atoms with Gasteiger partial charge < -0.3 is 14.2 Å². The fraction of sp³-hybridized carbons (Fsp3) is 0.571. The third kappa shape index (κ3) is 3.78. The number of fused-ring (bicyclic) bond motifs is 3. The molecule has 0 aromatic carbocycles. The van der Waals surface area contributed by atoms with E-state index >= 15 is 0 Å². The predicted molar refractivity (Wildman–Crippen MR) is 115 cm³/mol. The van der Waals surface area contributed by atoms with E-state index in [4.69, 9.17) is 9.72 Å². The number of piperidine rings is 1. The van der Waals surface area contributed by atoms with Crippen LogP contribution in [0.25, 0.3) is 16.7 Å². The predicted octanol–water partition coefficient (Wildman–Crippen LogP) is 4.98. The Kier molecular flexibility index (Phi) is 5.03. The van der Waals surface area contributed by atoms with Crippen LogP contribution >= 0.6 is 0 Å². The van der Waals surface area contributed by atoms with Crippen molar-refractivity contribution in [2.24, 2.45) is 0 Å². The van der Waals surface area contributed by atoms with Gasteiger partial charge in [0, 0.05) is 33.5 Å². The highest BCUT2D eigenvalue weighted by atomic mass is 28.3. The molecular formula is C21H32N4OSi. The van der Waals surface area contributed by atoms with E-state index in [0.29, 0.717) is 12.8 Å². The molecule has 0 radical (unpaired) electrons. The number of anilines is 1. The molecule has 4 heterocycles. The van der Waals surface area contributed by atoms with Crippen LogP contribution in [0.2, 0.25) is 25.7 Å². The molecule has 1 unspecified atom stereocenters. The van der Waals surface area contributed by atoms with E-state index in [-0.39, 0.29) is 0 Å². The van der Waals surface area contributed by atoms with E-state index in [0.717, 1.165) is 24.3 Å². The Morgan fingerprint density at radius 2 is 2.04 bits per heavy atom. The van der Waals surface area contributed by atoms with E-state index in [1.54, 1.807) is 0 Å². The van der Waals surface area contributed by atoms with E-state index in [9.17, 15) is 0 Å². The molecule has 27 heavy (non-hydrogen) atoms. The second-order valence-electron chi connectivity index (χ2n) is 9.09. The molecule has 0 N–H and O–H groups in total. The summed E-state index contributed by atoms with van der Waals surface area (Å²) < 4.78 is 10.4. The van der Waals surface area contributed by atoms with Gasteiger partial charge in [0.1, 0.15) is 12.5 Å². The Hall–Kier alpha value is -1.79. The van der Waals surface area contributed by atoms with Gasteiger partial charge in [-0.05, 0) is 50.4 Å². The second kappa shape index (κ2) is 7.32. The highest BCUT2D eigenvalue weighted by molar-refractivity contribution is 6.76. The minimum atomic E-state index is -1.05. The number of rotatable bonds is 6. The van der Waals surface area contributed by atoms with Crippen LogP contribution in [0.5, 0.6) is 0 Å². The summed E-state index contributed by atoms with van der Waals surface area (Å²) in [6.07, 6.45) is 7.97. The van der Waals surface area contributed by atoms with Crippen LogP contribution in [-0.2, 0) is 11.5 Å². The molecule has 0 amide bonds. The van der Waals surface area contributed by atoms with E-state index in [1.807, 2.05) is 6.20 Å². The van der Waals surface area contributed by atoms with E-state index < -0.39 is 8.07 Å². The summed E-state index contributed by atoms with van der Waals surface area (Å²) in [5, 5.41) is 0. The third-order valence-electron chi connectivity index (χ3n) is 5.69. The molecule has 3 aromatic rings. The minimum Gasteiger partial charge on any atom is -0.361 e. The van der Waals surface area contributed by atoms with Crippen LogP contribution < -0.4 is 4.90 Å². The van der Waals surface area contributed by atoms with Crippen molar-refractivity contribution in [3.63, 3.8) is 0 Å². The number of aromatic nitrogens is 3. The molecule has 1 aliphatic heterocycles. The Morgan fingerprint density at radius 3 is 2.81 bits per heavy atom. The Bertz CT molecular complexity index is 923. The fourth-order valence-corrected chi connectivity index (χ4v) is 4.76. The summed E-state index contributed by atoms with van der Waals surface area (Å²) in [4.78, 5) is 7.28. The van der Waals surface area contributed by atoms with Crippen LogP contribution in [0, 0.1) is 0 Å². The van der Waals surface area contributed by atoms with Crippen LogP contribution in [0.3, 0.4) is 0 Å². The third-order valence-corrected chi connectivity index (χ3v) is 7.39. The lowest BCUT2D eigenvalue weighted by atomic mass is 10.0. The molecule has 1 saturated heterocycles. The highest BCUT2D eigenvalue weighted by Crippen LogP contribution is 2.29. The highest BCUT2D eigenvalue weighted by Gasteiger charge is 2.22. The summed E-state index contributed by atoms with van der Waals surface area (Å²) in [7, 11) is -1.05. The average molecular weight is 385 g/mol. The van der Waals surface area contributed by atoms with Crippen LogP contribution in [0.1, 0.15) is 26.2 Å². The van der Waals surface area contributed by atoms with Gasteiger partial charge in [0.05, 0.1) is 17.2 Å². The molecule has 6 heteroatoms. The normalized spacial score (nSPS) is 18.7. The zero-order valence-corrected chi connectivity index (χ0v) is 18.1. The molecule has 146 valence electrons. The first-order valence-corrected chi connectivity index (χ1v) is 13.9. The number of ether oxygens (including phenoxy) is 1. The first-order chi connectivity index (χ1) is 12.9. The first kappa shape index (κ1) is 18.6.